The highest BCUT2D eigenvalue weighted by molar-refractivity contribution is 7.16. The minimum absolute atomic E-state index is 0.0286. The van der Waals surface area contributed by atoms with Gasteiger partial charge in [0.05, 0.1) is 0 Å². The average Bonchev–Trinajstić information content (AvgIpc) is 3.50. The summed E-state index contributed by atoms with van der Waals surface area (Å²) in [7, 11) is 0. The standard InChI is InChI=1S/C28H29N3O5S/c1-2-31-25(16-19-12-15-37-27(19)31)26(32)29-24-9-4-3-6-20(24)18-35-22-7-5-8-23(17-22)36-21-10-13-30(14-11-21)28(33)34/h3-9,12,15-17,21H,2,10-11,13-14,18H2,1H3,(H,29,32)(H,33,34). The van der Waals surface area contributed by atoms with Gasteiger partial charge in [-0.25, -0.2) is 4.79 Å². The van der Waals surface area contributed by atoms with E-state index in [2.05, 4.69) is 5.32 Å². The molecule has 2 amide bonds. The molecule has 3 heterocycles. The maximum absolute atomic E-state index is 13.2. The predicted molar refractivity (Wildman–Crippen MR) is 144 cm³/mol. The van der Waals surface area contributed by atoms with E-state index in [1.165, 1.54) is 4.90 Å². The number of carbonyl (C=O) groups is 2. The highest BCUT2D eigenvalue weighted by Crippen LogP contribution is 2.28. The van der Waals surface area contributed by atoms with Crippen molar-refractivity contribution in [2.75, 3.05) is 18.4 Å². The molecule has 37 heavy (non-hydrogen) atoms. The van der Waals surface area contributed by atoms with Crippen molar-refractivity contribution >= 4 is 39.2 Å². The highest BCUT2D eigenvalue weighted by Gasteiger charge is 2.23. The number of ether oxygens (including phenoxy) is 2. The van der Waals surface area contributed by atoms with Crippen molar-refractivity contribution in [3.63, 3.8) is 0 Å². The number of piperidine rings is 1. The number of amides is 2. The number of anilines is 1. The summed E-state index contributed by atoms with van der Waals surface area (Å²) in [6.45, 7) is 3.98. The number of nitrogens with one attached hydrogen (secondary N) is 1. The van der Waals surface area contributed by atoms with Crippen LogP contribution in [0.2, 0.25) is 0 Å². The first-order valence-corrected chi connectivity index (χ1v) is 13.2. The largest absolute Gasteiger partial charge is 0.490 e. The van der Waals surface area contributed by atoms with Crippen molar-refractivity contribution in [3.8, 4) is 11.5 Å². The van der Waals surface area contributed by atoms with Crippen LogP contribution in [0.15, 0.2) is 66.0 Å². The second kappa shape index (κ2) is 11.0. The number of hydrogen-bond acceptors (Lipinski definition) is 5. The van der Waals surface area contributed by atoms with Crippen molar-refractivity contribution in [2.45, 2.75) is 39.0 Å². The van der Waals surface area contributed by atoms with Crippen LogP contribution in [-0.2, 0) is 13.2 Å². The summed E-state index contributed by atoms with van der Waals surface area (Å²) in [4.78, 5) is 26.8. The number of hydrogen-bond donors (Lipinski definition) is 2. The molecule has 0 atom stereocenters. The van der Waals surface area contributed by atoms with Gasteiger partial charge in [0.1, 0.15) is 34.7 Å². The number of rotatable bonds is 8. The van der Waals surface area contributed by atoms with Gasteiger partial charge in [0.25, 0.3) is 5.91 Å². The molecule has 0 saturated carbocycles. The van der Waals surface area contributed by atoms with Crippen LogP contribution in [0.25, 0.3) is 10.2 Å². The molecule has 0 radical (unpaired) electrons. The minimum Gasteiger partial charge on any atom is -0.490 e. The van der Waals surface area contributed by atoms with Gasteiger partial charge >= 0.3 is 6.09 Å². The van der Waals surface area contributed by atoms with E-state index in [0.717, 1.165) is 15.8 Å². The van der Waals surface area contributed by atoms with E-state index in [4.69, 9.17) is 14.6 Å². The molecule has 4 aromatic rings. The van der Waals surface area contributed by atoms with Crippen LogP contribution in [0.5, 0.6) is 11.5 Å². The van der Waals surface area contributed by atoms with Crippen LogP contribution < -0.4 is 14.8 Å². The fraction of sp³-hybridized carbons (Fsp3) is 0.286. The van der Waals surface area contributed by atoms with Crippen molar-refractivity contribution in [2.24, 2.45) is 0 Å². The Morgan fingerprint density at radius 1 is 1.05 bits per heavy atom. The Bertz CT molecular complexity index is 1400. The van der Waals surface area contributed by atoms with Gasteiger partial charge in [0.15, 0.2) is 0 Å². The molecule has 1 fully saturated rings. The molecule has 9 heteroatoms. The van der Waals surface area contributed by atoms with Gasteiger partial charge in [-0.15, -0.1) is 11.3 Å². The Kier molecular flexibility index (Phi) is 7.32. The summed E-state index contributed by atoms with van der Waals surface area (Å²) in [6.07, 6.45) is 0.400. The number of thiophene rings is 1. The smallest absolute Gasteiger partial charge is 0.407 e. The first kappa shape index (κ1) is 24.7. The van der Waals surface area contributed by atoms with Crippen molar-refractivity contribution in [1.82, 2.24) is 9.47 Å². The van der Waals surface area contributed by atoms with Crippen LogP contribution >= 0.6 is 11.3 Å². The lowest BCUT2D eigenvalue weighted by Crippen LogP contribution is -2.41. The van der Waals surface area contributed by atoms with E-state index >= 15 is 0 Å². The third kappa shape index (κ3) is 5.56. The zero-order valence-corrected chi connectivity index (χ0v) is 21.4. The number of likely N-dealkylation sites (tertiary alicyclic amines) is 1. The second-order valence-corrected chi connectivity index (χ2v) is 9.81. The monoisotopic (exact) mass is 519 g/mol. The van der Waals surface area contributed by atoms with Crippen molar-refractivity contribution < 1.29 is 24.2 Å². The molecule has 0 spiro atoms. The molecule has 1 aliphatic rings. The lowest BCUT2D eigenvalue weighted by Gasteiger charge is -2.30. The molecule has 1 aliphatic heterocycles. The molecule has 2 aromatic carbocycles. The second-order valence-electron chi connectivity index (χ2n) is 8.92. The zero-order valence-electron chi connectivity index (χ0n) is 20.6. The molecule has 5 rings (SSSR count). The molecule has 8 nitrogen and oxygen atoms in total. The molecular formula is C28H29N3O5S. The normalized spacial score (nSPS) is 14.0. The van der Waals surface area contributed by atoms with E-state index in [-0.39, 0.29) is 18.6 Å². The SMILES string of the molecule is CCn1c(C(=O)Nc2ccccc2COc2cccc(OC3CCN(C(=O)O)CC3)c2)cc2ccsc21. The van der Waals surface area contributed by atoms with Gasteiger partial charge in [-0.3, -0.25) is 4.79 Å². The molecule has 0 bridgehead atoms. The van der Waals surface area contributed by atoms with Crippen LogP contribution in [-0.4, -0.2) is 45.8 Å². The average molecular weight is 520 g/mol. The lowest BCUT2D eigenvalue weighted by atomic mass is 10.1. The fourth-order valence-corrected chi connectivity index (χ4v) is 5.55. The van der Waals surface area contributed by atoms with Crippen LogP contribution in [0.1, 0.15) is 35.8 Å². The first-order chi connectivity index (χ1) is 18.0. The van der Waals surface area contributed by atoms with Gasteiger partial charge in [0.2, 0.25) is 0 Å². The molecule has 192 valence electrons. The molecule has 1 saturated heterocycles. The number of para-hydroxylation sites is 1. The minimum atomic E-state index is -0.885. The molecule has 0 unspecified atom stereocenters. The Labute approximate surface area is 219 Å². The summed E-state index contributed by atoms with van der Waals surface area (Å²) >= 11 is 1.63. The van der Waals surface area contributed by atoms with E-state index < -0.39 is 6.09 Å². The number of fused-ring (bicyclic) bond motifs is 1. The van der Waals surface area contributed by atoms with E-state index in [1.807, 2.05) is 77.5 Å². The van der Waals surface area contributed by atoms with Gasteiger partial charge < -0.3 is 29.4 Å². The molecule has 0 aliphatic carbocycles. The van der Waals surface area contributed by atoms with Crippen LogP contribution in [0.4, 0.5) is 10.5 Å². The number of aromatic nitrogens is 1. The van der Waals surface area contributed by atoms with Gasteiger partial charge in [-0.1, -0.05) is 24.3 Å². The van der Waals surface area contributed by atoms with E-state index in [1.54, 1.807) is 11.3 Å². The summed E-state index contributed by atoms with van der Waals surface area (Å²) < 4.78 is 14.2. The maximum Gasteiger partial charge on any atom is 0.407 e. The topological polar surface area (TPSA) is 93.0 Å². The van der Waals surface area contributed by atoms with Crippen molar-refractivity contribution in [3.05, 3.63) is 77.3 Å². The van der Waals surface area contributed by atoms with Crippen molar-refractivity contribution in [1.29, 1.82) is 0 Å². The predicted octanol–water partition coefficient (Wildman–Crippen LogP) is 6.08. The molecule has 2 N–H and O–H groups in total. The van der Waals surface area contributed by atoms with Crippen LogP contribution in [0.3, 0.4) is 0 Å². The Hall–Kier alpha value is -3.98. The van der Waals surface area contributed by atoms with Gasteiger partial charge in [-0.2, -0.15) is 0 Å². The summed E-state index contributed by atoms with van der Waals surface area (Å²) in [5.74, 6) is 1.19. The fourth-order valence-electron chi connectivity index (χ4n) is 4.59. The third-order valence-corrected chi connectivity index (χ3v) is 7.48. The van der Waals surface area contributed by atoms with E-state index in [0.29, 0.717) is 55.4 Å². The number of benzene rings is 2. The third-order valence-electron chi connectivity index (χ3n) is 6.53. The summed E-state index contributed by atoms with van der Waals surface area (Å²) in [5, 5.41) is 15.3. The molecule has 2 aromatic heterocycles. The number of nitrogens with zero attached hydrogens (tertiary/aromatic N) is 2. The number of aryl methyl sites for hydroxylation is 1. The number of carbonyl (C=O) groups excluding carboxylic acids is 1. The van der Waals surface area contributed by atoms with Gasteiger partial charge in [0, 0.05) is 55.2 Å². The Morgan fingerprint density at radius 2 is 1.84 bits per heavy atom. The molecular weight excluding hydrogens is 490 g/mol. The highest BCUT2D eigenvalue weighted by atomic mass is 32.1. The summed E-state index contributed by atoms with van der Waals surface area (Å²) in [6, 6.07) is 19.0. The van der Waals surface area contributed by atoms with E-state index in [9.17, 15) is 9.59 Å². The Balaban J connectivity index is 1.22. The zero-order chi connectivity index (χ0) is 25.8. The maximum atomic E-state index is 13.2. The summed E-state index contributed by atoms with van der Waals surface area (Å²) in [5.41, 5.74) is 2.20. The van der Waals surface area contributed by atoms with Gasteiger partial charge in [-0.05, 0) is 42.6 Å². The Morgan fingerprint density at radius 3 is 2.62 bits per heavy atom. The lowest BCUT2D eigenvalue weighted by molar-refractivity contribution is 0.0892. The van der Waals surface area contributed by atoms with Crippen LogP contribution in [0, 0.1) is 0 Å². The number of carboxylic acid groups (broad SMARTS) is 1. The quantitative estimate of drug-likeness (QED) is 0.295. The first-order valence-electron chi connectivity index (χ1n) is 12.3.